The molecule has 0 spiro atoms. The number of halogens is 1. The molecule has 0 radical (unpaired) electrons. The van der Waals surface area contributed by atoms with E-state index in [9.17, 15) is 9.90 Å². The quantitative estimate of drug-likeness (QED) is 0.758. The fraction of sp³-hybridized carbons (Fsp3) is 0.200. The van der Waals surface area contributed by atoms with Crippen molar-refractivity contribution in [2.75, 3.05) is 0 Å². The first-order chi connectivity index (χ1) is 12.4. The van der Waals surface area contributed by atoms with Crippen molar-refractivity contribution < 1.29 is 9.90 Å². The third-order valence-electron chi connectivity index (χ3n) is 3.71. The Morgan fingerprint density at radius 3 is 2.62 bits per heavy atom. The predicted molar refractivity (Wildman–Crippen MR) is 108 cm³/mol. The van der Waals surface area contributed by atoms with Crippen molar-refractivity contribution in [2.24, 2.45) is 4.99 Å². The highest BCUT2D eigenvalue weighted by atomic mass is 35.5. The molecule has 0 saturated carbocycles. The molecule has 1 saturated heterocycles. The molecule has 1 aliphatic rings. The van der Waals surface area contributed by atoms with Crippen LogP contribution in [0.2, 0.25) is 5.02 Å². The Kier molecular flexibility index (Phi) is 5.69. The number of carbonyl (C=O) groups is 1. The fourth-order valence-electron chi connectivity index (χ4n) is 2.49. The van der Waals surface area contributed by atoms with Gasteiger partial charge in [0.1, 0.15) is 5.75 Å². The van der Waals surface area contributed by atoms with E-state index in [4.69, 9.17) is 11.6 Å². The number of hydrogen-bond donors (Lipinski definition) is 1. The summed E-state index contributed by atoms with van der Waals surface area (Å²) in [7, 11) is 0. The molecule has 1 N–H and O–H groups in total. The van der Waals surface area contributed by atoms with Gasteiger partial charge in [-0.2, -0.15) is 0 Å². The normalized spacial score (nSPS) is 17.7. The number of thioether (sulfide) groups is 1. The molecule has 0 aliphatic carbocycles. The van der Waals surface area contributed by atoms with Gasteiger partial charge in [0.25, 0.3) is 5.91 Å². The van der Waals surface area contributed by atoms with Crippen LogP contribution in [0.15, 0.2) is 58.4 Å². The van der Waals surface area contributed by atoms with Gasteiger partial charge in [-0.1, -0.05) is 48.0 Å². The molecule has 0 aromatic heterocycles. The topological polar surface area (TPSA) is 52.9 Å². The van der Waals surface area contributed by atoms with E-state index in [0.29, 0.717) is 16.6 Å². The lowest BCUT2D eigenvalue weighted by Crippen LogP contribution is -2.29. The second kappa shape index (κ2) is 7.98. The summed E-state index contributed by atoms with van der Waals surface area (Å²) in [6.07, 6.45) is 1.78. The highest BCUT2D eigenvalue weighted by Gasteiger charge is 2.33. The monoisotopic (exact) mass is 386 g/mol. The number of phenols is 1. The van der Waals surface area contributed by atoms with Crippen molar-refractivity contribution >= 4 is 40.5 Å². The van der Waals surface area contributed by atoms with Crippen LogP contribution < -0.4 is 0 Å². The van der Waals surface area contributed by atoms with E-state index in [1.54, 1.807) is 23.1 Å². The molecule has 2 aromatic carbocycles. The molecule has 2 aromatic rings. The number of aromatic hydroxyl groups is 1. The van der Waals surface area contributed by atoms with Crippen LogP contribution in [0.4, 0.5) is 0 Å². The van der Waals surface area contributed by atoms with Gasteiger partial charge in [-0.15, -0.1) is 0 Å². The number of amidine groups is 1. The van der Waals surface area contributed by atoms with Crippen molar-refractivity contribution in [3.8, 4) is 5.75 Å². The summed E-state index contributed by atoms with van der Waals surface area (Å²) in [5, 5.41) is 10.5. The molecular formula is C20H19ClN2O2S. The highest BCUT2D eigenvalue weighted by molar-refractivity contribution is 8.18. The summed E-state index contributed by atoms with van der Waals surface area (Å²) in [6.45, 7) is 4.45. The first-order valence-corrected chi connectivity index (χ1v) is 9.45. The average Bonchev–Trinajstić information content (AvgIpc) is 2.87. The Morgan fingerprint density at radius 2 is 1.96 bits per heavy atom. The number of nitrogens with zero attached hydrogens (tertiary/aromatic N) is 2. The van der Waals surface area contributed by atoms with Gasteiger partial charge < -0.3 is 5.11 Å². The molecule has 0 unspecified atom stereocenters. The SMILES string of the molecule is CC(C)N=C1S/C(=C\c2ccc(O)c(Cl)c2)C(=O)N1Cc1ccccc1. The lowest BCUT2D eigenvalue weighted by molar-refractivity contribution is -0.122. The summed E-state index contributed by atoms with van der Waals surface area (Å²) in [5.41, 5.74) is 1.81. The lowest BCUT2D eigenvalue weighted by Gasteiger charge is -2.16. The van der Waals surface area contributed by atoms with E-state index in [1.165, 1.54) is 17.8 Å². The second-order valence-electron chi connectivity index (χ2n) is 6.20. The number of carbonyl (C=O) groups excluding carboxylic acids is 1. The molecule has 1 heterocycles. The van der Waals surface area contributed by atoms with Gasteiger partial charge in [0.2, 0.25) is 0 Å². The van der Waals surface area contributed by atoms with E-state index in [-0.39, 0.29) is 22.7 Å². The fourth-order valence-corrected chi connectivity index (χ4v) is 3.79. The summed E-state index contributed by atoms with van der Waals surface area (Å²) in [5.74, 6) is -0.0607. The average molecular weight is 387 g/mol. The minimum Gasteiger partial charge on any atom is -0.506 e. The predicted octanol–water partition coefficient (Wildman–Crippen LogP) is 4.93. The van der Waals surface area contributed by atoms with Crippen molar-refractivity contribution in [2.45, 2.75) is 26.4 Å². The molecular weight excluding hydrogens is 368 g/mol. The first kappa shape index (κ1) is 18.5. The van der Waals surface area contributed by atoms with Gasteiger partial charge in [0.05, 0.1) is 16.5 Å². The van der Waals surface area contributed by atoms with Crippen LogP contribution >= 0.6 is 23.4 Å². The Labute approximate surface area is 162 Å². The molecule has 26 heavy (non-hydrogen) atoms. The summed E-state index contributed by atoms with van der Waals surface area (Å²) in [4.78, 5) is 19.8. The van der Waals surface area contributed by atoms with Crippen molar-refractivity contribution in [1.82, 2.24) is 4.90 Å². The van der Waals surface area contributed by atoms with E-state index in [0.717, 1.165) is 11.1 Å². The van der Waals surface area contributed by atoms with Gasteiger partial charge in [-0.25, -0.2) is 0 Å². The van der Waals surface area contributed by atoms with Crippen LogP contribution in [-0.4, -0.2) is 27.1 Å². The third-order valence-corrected chi connectivity index (χ3v) is 5.03. The Balaban J connectivity index is 1.92. The smallest absolute Gasteiger partial charge is 0.267 e. The minimum atomic E-state index is -0.0811. The molecule has 0 bridgehead atoms. The minimum absolute atomic E-state index is 0.0204. The van der Waals surface area contributed by atoms with Crippen LogP contribution in [0, 0.1) is 0 Å². The number of rotatable bonds is 4. The Bertz CT molecular complexity index is 879. The van der Waals surface area contributed by atoms with Gasteiger partial charge in [0.15, 0.2) is 5.17 Å². The van der Waals surface area contributed by atoms with E-state index >= 15 is 0 Å². The molecule has 1 amide bonds. The Morgan fingerprint density at radius 1 is 1.23 bits per heavy atom. The summed E-state index contributed by atoms with van der Waals surface area (Å²) in [6, 6.07) is 14.8. The summed E-state index contributed by atoms with van der Waals surface area (Å²) >= 11 is 7.33. The molecule has 4 nitrogen and oxygen atoms in total. The zero-order chi connectivity index (χ0) is 18.7. The van der Waals surface area contributed by atoms with Gasteiger partial charge in [0, 0.05) is 6.04 Å². The molecule has 134 valence electrons. The second-order valence-corrected chi connectivity index (χ2v) is 7.62. The molecule has 3 rings (SSSR count). The Hall–Kier alpha value is -2.24. The number of aliphatic imine (C=N–C) groups is 1. The van der Waals surface area contributed by atoms with Crippen molar-refractivity contribution in [1.29, 1.82) is 0 Å². The maximum atomic E-state index is 12.9. The van der Waals surface area contributed by atoms with Gasteiger partial charge in [-0.3, -0.25) is 14.7 Å². The third kappa shape index (κ3) is 4.29. The molecule has 1 aliphatic heterocycles. The van der Waals surface area contributed by atoms with Crippen LogP contribution in [-0.2, 0) is 11.3 Å². The van der Waals surface area contributed by atoms with Crippen molar-refractivity contribution in [3.63, 3.8) is 0 Å². The van der Waals surface area contributed by atoms with Crippen LogP contribution in [0.3, 0.4) is 0 Å². The standard InChI is InChI=1S/C20H19ClN2O2S/c1-13(2)22-20-23(12-14-6-4-3-5-7-14)19(25)18(26-20)11-15-8-9-17(24)16(21)10-15/h3-11,13,24H,12H2,1-2H3/b18-11-,22-20?. The van der Waals surface area contributed by atoms with E-state index in [2.05, 4.69) is 4.99 Å². The van der Waals surface area contributed by atoms with Gasteiger partial charge in [-0.05, 0) is 54.9 Å². The largest absolute Gasteiger partial charge is 0.506 e. The maximum Gasteiger partial charge on any atom is 0.267 e. The number of amides is 1. The number of phenolic OH excluding ortho intramolecular Hbond substituents is 1. The molecule has 1 fully saturated rings. The number of benzene rings is 2. The first-order valence-electron chi connectivity index (χ1n) is 8.25. The van der Waals surface area contributed by atoms with E-state index in [1.807, 2.05) is 44.2 Å². The maximum absolute atomic E-state index is 12.9. The van der Waals surface area contributed by atoms with Crippen LogP contribution in [0.5, 0.6) is 5.75 Å². The molecule has 0 atom stereocenters. The summed E-state index contributed by atoms with van der Waals surface area (Å²) < 4.78 is 0. The highest BCUT2D eigenvalue weighted by Crippen LogP contribution is 2.35. The van der Waals surface area contributed by atoms with E-state index < -0.39 is 0 Å². The molecule has 6 heteroatoms. The van der Waals surface area contributed by atoms with Crippen LogP contribution in [0.1, 0.15) is 25.0 Å². The zero-order valence-electron chi connectivity index (χ0n) is 14.5. The number of hydrogen-bond acceptors (Lipinski definition) is 4. The lowest BCUT2D eigenvalue weighted by atomic mass is 10.2. The zero-order valence-corrected chi connectivity index (χ0v) is 16.1. The van der Waals surface area contributed by atoms with Crippen molar-refractivity contribution in [3.05, 3.63) is 69.6 Å². The van der Waals surface area contributed by atoms with Crippen LogP contribution in [0.25, 0.3) is 6.08 Å². The van der Waals surface area contributed by atoms with Gasteiger partial charge >= 0.3 is 0 Å².